The van der Waals surface area contributed by atoms with Crippen LogP contribution in [0.25, 0.3) is 0 Å². The molecule has 0 amide bonds. The second-order valence-electron chi connectivity index (χ2n) is 5.13. The van der Waals surface area contributed by atoms with E-state index in [9.17, 15) is 0 Å². The molecule has 19 heavy (non-hydrogen) atoms. The summed E-state index contributed by atoms with van der Waals surface area (Å²) in [7, 11) is 0. The zero-order chi connectivity index (χ0) is 13.1. The molecule has 2 nitrogen and oxygen atoms in total. The highest BCUT2D eigenvalue weighted by Crippen LogP contribution is 2.38. The fourth-order valence-electron chi connectivity index (χ4n) is 2.79. The fourth-order valence-corrected chi connectivity index (χ4v) is 3.09. The van der Waals surface area contributed by atoms with Crippen LogP contribution < -0.4 is 10.5 Å². The van der Waals surface area contributed by atoms with Crippen LogP contribution >= 0.6 is 24.0 Å². The quantitative estimate of drug-likeness (QED) is 0.914. The first-order chi connectivity index (χ1) is 8.63. The van der Waals surface area contributed by atoms with Crippen LogP contribution in [0.1, 0.15) is 43.4 Å². The van der Waals surface area contributed by atoms with Crippen molar-refractivity contribution in [1.82, 2.24) is 0 Å². The van der Waals surface area contributed by atoms with Crippen molar-refractivity contribution in [2.24, 2.45) is 5.73 Å². The molecule has 0 aromatic heterocycles. The van der Waals surface area contributed by atoms with Gasteiger partial charge in [0.05, 0.1) is 11.6 Å². The number of nitrogens with two attached hydrogens (primary N) is 1. The lowest BCUT2D eigenvalue weighted by molar-refractivity contribution is 0.334. The summed E-state index contributed by atoms with van der Waals surface area (Å²) in [5.41, 5.74) is 10.0. The molecule has 0 saturated carbocycles. The Labute approximate surface area is 127 Å². The number of fused-ring (bicyclic) bond motifs is 1. The number of rotatable bonds is 4. The van der Waals surface area contributed by atoms with E-state index in [1.165, 1.54) is 29.5 Å². The van der Waals surface area contributed by atoms with Gasteiger partial charge in [0.15, 0.2) is 0 Å². The Kier molecular flexibility index (Phi) is 6.45. The predicted octanol–water partition coefficient (Wildman–Crippen LogP) is 3.93. The Bertz CT molecular complexity index is 433. The van der Waals surface area contributed by atoms with Crippen molar-refractivity contribution in [3.63, 3.8) is 0 Å². The van der Waals surface area contributed by atoms with Gasteiger partial charge in [0.1, 0.15) is 5.75 Å². The van der Waals surface area contributed by atoms with Crippen molar-refractivity contribution in [3.05, 3.63) is 27.8 Å². The zero-order valence-electron chi connectivity index (χ0n) is 11.7. The molecule has 0 spiro atoms. The summed E-state index contributed by atoms with van der Waals surface area (Å²) in [6.45, 7) is 4.71. The molecule has 1 aliphatic rings. The molecule has 1 aliphatic carbocycles. The van der Waals surface area contributed by atoms with Crippen LogP contribution in [0, 0.1) is 0 Å². The van der Waals surface area contributed by atoms with Gasteiger partial charge in [-0.1, -0.05) is 11.6 Å². The molecule has 4 heteroatoms. The SMILES string of the molecule is CCOc1c(Cl)cc(CC(C)N)c2c1CCCC2.Cl. The van der Waals surface area contributed by atoms with Crippen molar-refractivity contribution in [2.45, 2.75) is 52.0 Å². The molecule has 0 radical (unpaired) electrons. The molecule has 2 rings (SSSR count). The van der Waals surface area contributed by atoms with E-state index in [4.69, 9.17) is 22.1 Å². The van der Waals surface area contributed by atoms with Crippen molar-refractivity contribution in [2.75, 3.05) is 6.61 Å². The lowest BCUT2D eigenvalue weighted by Gasteiger charge is -2.24. The topological polar surface area (TPSA) is 35.2 Å². The molecule has 0 bridgehead atoms. The first kappa shape index (κ1) is 16.6. The normalized spacial score (nSPS) is 15.4. The molecule has 2 N–H and O–H groups in total. The molecule has 108 valence electrons. The van der Waals surface area contributed by atoms with E-state index in [-0.39, 0.29) is 18.4 Å². The summed E-state index contributed by atoms with van der Waals surface area (Å²) >= 11 is 6.36. The van der Waals surface area contributed by atoms with Gasteiger partial charge >= 0.3 is 0 Å². The summed E-state index contributed by atoms with van der Waals surface area (Å²) in [5, 5.41) is 0.744. The van der Waals surface area contributed by atoms with Crippen molar-refractivity contribution in [1.29, 1.82) is 0 Å². The minimum absolute atomic E-state index is 0. The van der Waals surface area contributed by atoms with Crippen molar-refractivity contribution >= 4 is 24.0 Å². The van der Waals surface area contributed by atoms with Gasteiger partial charge in [0.25, 0.3) is 0 Å². The Morgan fingerprint density at radius 3 is 2.53 bits per heavy atom. The lowest BCUT2D eigenvalue weighted by Crippen LogP contribution is -2.20. The number of ether oxygens (including phenoxy) is 1. The van der Waals surface area contributed by atoms with Crippen molar-refractivity contribution < 1.29 is 4.74 Å². The number of benzene rings is 1. The molecule has 1 unspecified atom stereocenters. The second kappa shape index (κ2) is 7.37. The van der Waals surface area contributed by atoms with E-state index < -0.39 is 0 Å². The third kappa shape index (κ3) is 3.77. The Hall–Kier alpha value is -0.440. The molecular formula is C15H23Cl2NO. The summed E-state index contributed by atoms with van der Waals surface area (Å²) < 4.78 is 5.73. The molecule has 0 heterocycles. The number of hydrogen-bond donors (Lipinski definition) is 1. The van der Waals surface area contributed by atoms with E-state index >= 15 is 0 Å². The van der Waals surface area contributed by atoms with E-state index in [0.717, 1.165) is 30.0 Å². The van der Waals surface area contributed by atoms with E-state index in [1.807, 2.05) is 13.8 Å². The summed E-state index contributed by atoms with van der Waals surface area (Å²) in [6, 6.07) is 2.23. The number of hydrogen-bond acceptors (Lipinski definition) is 2. The van der Waals surface area contributed by atoms with Gasteiger partial charge in [-0.3, -0.25) is 0 Å². The fraction of sp³-hybridized carbons (Fsp3) is 0.600. The van der Waals surface area contributed by atoms with Gasteiger partial charge in [-0.05, 0) is 68.7 Å². The maximum atomic E-state index is 6.36. The predicted molar refractivity (Wildman–Crippen MR) is 83.9 cm³/mol. The lowest BCUT2D eigenvalue weighted by atomic mass is 9.85. The van der Waals surface area contributed by atoms with Crippen LogP contribution in [0.15, 0.2) is 6.07 Å². The molecule has 1 atom stereocenters. The minimum Gasteiger partial charge on any atom is -0.492 e. The van der Waals surface area contributed by atoms with Crippen molar-refractivity contribution in [3.8, 4) is 5.75 Å². The Morgan fingerprint density at radius 1 is 1.32 bits per heavy atom. The van der Waals surface area contributed by atoms with E-state index in [2.05, 4.69) is 6.07 Å². The molecule has 0 saturated heterocycles. The van der Waals surface area contributed by atoms with Crippen LogP contribution in [-0.4, -0.2) is 12.6 Å². The smallest absolute Gasteiger partial charge is 0.141 e. The molecule has 1 aromatic carbocycles. The average Bonchev–Trinajstić information content (AvgIpc) is 2.33. The molecular weight excluding hydrogens is 281 g/mol. The van der Waals surface area contributed by atoms with Crippen LogP contribution in [-0.2, 0) is 19.3 Å². The average molecular weight is 304 g/mol. The van der Waals surface area contributed by atoms with Crippen LogP contribution in [0.5, 0.6) is 5.75 Å². The second-order valence-corrected chi connectivity index (χ2v) is 5.53. The third-order valence-corrected chi connectivity index (χ3v) is 3.76. The highest BCUT2D eigenvalue weighted by Gasteiger charge is 2.21. The largest absolute Gasteiger partial charge is 0.492 e. The molecule has 1 aromatic rings. The van der Waals surface area contributed by atoms with Gasteiger partial charge in [-0.25, -0.2) is 0 Å². The Morgan fingerprint density at radius 2 is 1.95 bits per heavy atom. The van der Waals surface area contributed by atoms with Gasteiger partial charge < -0.3 is 10.5 Å². The van der Waals surface area contributed by atoms with Crippen LogP contribution in [0.4, 0.5) is 0 Å². The van der Waals surface area contributed by atoms with E-state index in [1.54, 1.807) is 0 Å². The van der Waals surface area contributed by atoms with Crippen LogP contribution in [0.2, 0.25) is 5.02 Å². The first-order valence-corrected chi connectivity index (χ1v) is 7.22. The summed E-state index contributed by atoms with van der Waals surface area (Å²) in [4.78, 5) is 0. The number of halogens is 2. The maximum Gasteiger partial charge on any atom is 0.141 e. The first-order valence-electron chi connectivity index (χ1n) is 6.85. The Balaban J connectivity index is 0.00000180. The van der Waals surface area contributed by atoms with Crippen LogP contribution in [0.3, 0.4) is 0 Å². The highest BCUT2D eigenvalue weighted by atomic mass is 35.5. The standard InChI is InChI=1S/C15H22ClNO.ClH/c1-3-18-15-13-7-5-4-6-12(13)11(8-10(2)17)9-14(15)16;/h9-10H,3-8,17H2,1-2H3;1H. The van der Waals surface area contributed by atoms with Gasteiger partial charge in [-0.15, -0.1) is 12.4 Å². The highest BCUT2D eigenvalue weighted by molar-refractivity contribution is 6.32. The molecule has 0 fully saturated rings. The van der Waals surface area contributed by atoms with Gasteiger partial charge in [-0.2, -0.15) is 0 Å². The molecule has 0 aliphatic heterocycles. The maximum absolute atomic E-state index is 6.36. The van der Waals surface area contributed by atoms with Gasteiger partial charge in [0, 0.05) is 6.04 Å². The van der Waals surface area contributed by atoms with Gasteiger partial charge in [0.2, 0.25) is 0 Å². The minimum atomic E-state index is 0. The summed E-state index contributed by atoms with van der Waals surface area (Å²) in [5.74, 6) is 0.905. The third-order valence-electron chi connectivity index (χ3n) is 3.48. The monoisotopic (exact) mass is 303 g/mol. The summed E-state index contributed by atoms with van der Waals surface area (Å²) in [6.07, 6.45) is 5.59. The van der Waals surface area contributed by atoms with E-state index in [0.29, 0.717) is 6.61 Å². The zero-order valence-corrected chi connectivity index (χ0v) is 13.2.